The number of amides is 2. The second kappa shape index (κ2) is 5.95. The van der Waals surface area contributed by atoms with Gasteiger partial charge >= 0.3 is 0 Å². The molecule has 0 unspecified atom stereocenters. The van der Waals surface area contributed by atoms with Crippen LogP contribution in [0.3, 0.4) is 0 Å². The first-order chi connectivity index (χ1) is 9.74. The highest BCUT2D eigenvalue weighted by molar-refractivity contribution is 7.14. The molecule has 0 aromatic carbocycles. The van der Waals surface area contributed by atoms with Gasteiger partial charge in [-0.25, -0.2) is 0 Å². The fraction of sp³-hybridized carbons (Fsp3) is 0.600. The van der Waals surface area contributed by atoms with Gasteiger partial charge in [0.25, 0.3) is 5.91 Å². The van der Waals surface area contributed by atoms with Crippen LogP contribution in [0.4, 0.5) is 0 Å². The highest BCUT2D eigenvalue weighted by Gasteiger charge is 2.20. The highest BCUT2D eigenvalue weighted by Crippen LogP contribution is 2.30. The summed E-state index contributed by atoms with van der Waals surface area (Å²) in [5, 5.41) is 2.77. The lowest BCUT2D eigenvalue weighted by Gasteiger charge is -2.26. The molecule has 0 saturated carbocycles. The first kappa shape index (κ1) is 13.6. The topological polar surface area (TPSA) is 49.4 Å². The number of hydrogen-bond acceptors (Lipinski definition) is 3. The van der Waals surface area contributed by atoms with Crippen LogP contribution in [0.15, 0.2) is 6.07 Å². The van der Waals surface area contributed by atoms with Crippen molar-refractivity contribution in [2.24, 2.45) is 0 Å². The number of piperidine rings is 1. The predicted molar refractivity (Wildman–Crippen MR) is 79.1 cm³/mol. The molecule has 5 heteroatoms. The molecule has 4 nitrogen and oxygen atoms in total. The quantitative estimate of drug-likeness (QED) is 0.926. The van der Waals surface area contributed by atoms with E-state index in [4.69, 9.17) is 0 Å². The Kier molecular flexibility index (Phi) is 4.05. The van der Waals surface area contributed by atoms with Crippen molar-refractivity contribution in [2.75, 3.05) is 19.6 Å². The van der Waals surface area contributed by atoms with Gasteiger partial charge in [0.2, 0.25) is 5.91 Å². The van der Waals surface area contributed by atoms with Gasteiger partial charge in [-0.3, -0.25) is 9.59 Å². The van der Waals surface area contributed by atoms with Gasteiger partial charge in [-0.1, -0.05) is 0 Å². The summed E-state index contributed by atoms with van der Waals surface area (Å²) in [4.78, 5) is 28.0. The van der Waals surface area contributed by atoms with Crippen LogP contribution in [-0.2, 0) is 17.6 Å². The summed E-state index contributed by atoms with van der Waals surface area (Å²) in [5.41, 5.74) is 1.32. The van der Waals surface area contributed by atoms with Gasteiger partial charge < -0.3 is 10.2 Å². The van der Waals surface area contributed by atoms with Crippen molar-refractivity contribution in [2.45, 2.75) is 38.5 Å². The SMILES string of the molecule is O=C(NCC(=O)N1CCCCC1)c1cc2c(s1)CCC2. The Morgan fingerprint density at radius 1 is 1.15 bits per heavy atom. The minimum atomic E-state index is -0.102. The third kappa shape index (κ3) is 2.87. The number of likely N-dealkylation sites (tertiary alicyclic amines) is 1. The zero-order valence-electron chi connectivity index (χ0n) is 11.6. The van der Waals surface area contributed by atoms with E-state index in [0.29, 0.717) is 0 Å². The summed E-state index contributed by atoms with van der Waals surface area (Å²) in [6, 6.07) is 1.99. The van der Waals surface area contributed by atoms with Gasteiger partial charge in [0.15, 0.2) is 0 Å². The van der Waals surface area contributed by atoms with Crippen LogP contribution >= 0.6 is 11.3 Å². The third-order valence-corrected chi connectivity index (χ3v) is 5.32. The largest absolute Gasteiger partial charge is 0.342 e. The van der Waals surface area contributed by atoms with E-state index in [0.717, 1.165) is 43.6 Å². The van der Waals surface area contributed by atoms with Gasteiger partial charge in [0.05, 0.1) is 11.4 Å². The maximum atomic E-state index is 12.1. The normalized spacial score (nSPS) is 17.9. The van der Waals surface area contributed by atoms with E-state index in [1.54, 1.807) is 11.3 Å². The third-order valence-electron chi connectivity index (χ3n) is 4.08. The molecule has 0 bridgehead atoms. The second-order valence-corrected chi connectivity index (χ2v) is 6.67. The summed E-state index contributed by atoms with van der Waals surface area (Å²) in [5.74, 6) is -0.0584. The van der Waals surface area contributed by atoms with Crippen LogP contribution in [0.2, 0.25) is 0 Å². The number of thiophene rings is 1. The number of nitrogens with one attached hydrogen (secondary N) is 1. The number of rotatable bonds is 3. The summed E-state index contributed by atoms with van der Waals surface area (Å²) in [7, 11) is 0. The molecule has 0 atom stereocenters. The number of carbonyl (C=O) groups is 2. The van der Waals surface area contributed by atoms with E-state index >= 15 is 0 Å². The van der Waals surface area contributed by atoms with Crippen LogP contribution in [0.1, 0.15) is 45.8 Å². The predicted octanol–water partition coefficient (Wildman–Crippen LogP) is 1.98. The van der Waals surface area contributed by atoms with E-state index in [1.165, 1.54) is 23.3 Å². The molecule has 2 heterocycles. The number of aryl methyl sites for hydroxylation is 2. The maximum absolute atomic E-state index is 12.1. The van der Waals surface area contributed by atoms with Gasteiger partial charge in [0.1, 0.15) is 0 Å². The van der Waals surface area contributed by atoms with Crippen LogP contribution < -0.4 is 5.32 Å². The molecule has 1 aromatic rings. The van der Waals surface area contributed by atoms with Crippen molar-refractivity contribution in [3.05, 3.63) is 21.4 Å². The first-order valence-corrected chi connectivity index (χ1v) is 8.23. The molecule has 0 spiro atoms. The van der Waals surface area contributed by atoms with Gasteiger partial charge in [-0.2, -0.15) is 0 Å². The molecule has 2 aliphatic rings. The first-order valence-electron chi connectivity index (χ1n) is 7.41. The molecule has 1 aliphatic carbocycles. The lowest BCUT2D eigenvalue weighted by atomic mass is 10.1. The number of hydrogen-bond donors (Lipinski definition) is 1. The van der Waals surface area contributed by atoms with Gasteiger partial charge in [-0.05, 0) is 50.2 Å². The molecule has 1 aromatic heterocycles. The van der Waals surface area contributed by atoms with Crippen LogP contribution in [0, 0.1) is 0 Å². The molecule has 1 N–H and O–H groups in total. The molecule has 1 aliphatic heterocycles. The Bertz CT molecular complexity index is 496. The lowest BCUT2D eigenvalue weighted by Crippen LogP contribution is -2.42. The second-order valence-electron chi connectivity index (χ2n) is 5.54. The van der Waals surface area contributed by atoms with Crippen molar-refractivity contribution < 1.29 is 9.59 Å². The molecule has 1 saturated heterocycles. The fourth-order valence-electron chi connectivity index (χ4n) is 2.94. The van der Waals surface area contributed by atoms with Crippen LogP contribution in [-0.4, -0.2) is 36.3 Å². The lowest BCUT2D eigenvalue weighted by molar-refractivity contribution is -0.130. The van der Waals surface area contributed by atoms with Crippen molar-refractivity contribution in [1.82, 2.24) is 10.2 Å². The Morgan fingerprint density at radius 3 is 2.70 bits per heavy atom. The van der Waals surface area contributed by atoms with Crippen LogP contribution in [0.25, 0.3) is 0 Å². The summed E-state index contributed by atoms with van der Waals surface area (Å²) in [6.07, 6.45) is 6.76. The molecule has 1 fully saturated rings. The van der Waals surface area contributed by atoms with E-state index < -0.39 is 0 Å². The smallest absolute Gasteiger partial charge is 0.261 e. The molecule has 108 valence electrons. The highest BCUT2D eigenvalue weighted by atomic mass is 32.1. The minimum Gasteiger partial charge on any atom is -0.342 e. The average Bonchev–Trinajstić information content (AvgIpc) is 3.06. The number of nitrogens with zero attached hydrogens (tertiary/aromatic N) is 1. The van der Waals surface area contributed by atoms with E-state index in [1.807, 2.05) is 11.0 Å². The Morgan fingerprint density at radius 2 is 1.95 bits per heavy atom. The van der Waals surface area contributed by atoms with Crippen molar-refractivity contribution in [3.8, 4) is 0 Å². The average molecular weight is 292 g/mol. The Labute approximate surface area is 123 Å². The maximum Gasteiger partial charge on any atom is 0.261 e. The molecule has 3 rings (SSSR count). The van der Waals surface area contributed by atoms with Gasteiger partial charge in [-0.15, -0.1) is 11.3 Å². The van der Waals surface area contributed by atoms with Crippen molar-refractivity contribution in [1.29, 1.82) is 0 Å². The number of carbonyl (C=O) groups excluding carboxylic acids is 2. The molecule has 0 radical (unpaired) electrons. The van der Waals surface area contributed by atoms with Crippen LogP contribution in [0.5, 0.6) is 0 Å². The van der Waals surface area contributed by atoms with Gasteiger partial charge in [0, 0.05) is 18.0 Å². The van der Waals surface area contributed by atoms with Crippen molar-refractivity contribution >= 4 is 23.2 Å². The summed E-state index contributed by atoms with van der Waals surface area (Å²) < 4.78 is 0. The summed E-state index contributed by atoms with van der Waals surface area (Å²) >= 11 is 1.58. The minimum absolute atomic E-state index is 0.0437. The molecular formula is C15H20N2O2S. The summed E-state index contributed by atoms with van der Waals surface area (Å²) in [6.45, 7) is 1.80. The Balaban J connectivity index is 1.52. The fourth-order valence-corrected chi connectivity index (χ4v) is 4.11. The van der Waals surface area contributed by atoms with E-state index in [-0.39, 0.29) is 18.4 Å². The van der Waals surface area contributed by atoms with E-state index in [2.05, 4.69) is 5.32 Å². The molecule has 2 amide bonds. The van der Waals surface area contributed by atoms with E-state index in [9.17, 15) is 9.59 Å². The zero-order chi connectivity index (χ0) is 13.9. The number of fused-ring (bicyclic) bond motifs is 1. The monoisotopic (exact) mass is 292 g/mol. The molecule has 20 heavy (non-hydrogen) atoms. The zero-order valence-corrected chi connectivity index (χ0v) is 12.4. The molecular weight excluding hydrogens is 272 g/mol. The Hall–Kier alpha value is -1.36. The standard InChI is InChI=1S/C15H20N2O2S/c18-14(17-7-2-1-3-8-17)10-16-15(19)13-9-11-5-4-6-12(11)20-13/h9H,1-8,10H2,(H,16,19). The van der Waals surface area contributed by atoms with Crippen molar-refractivity contribution in [3.63, 3.8) is 0 Å².